The molecule has 0 saturated carbocycles. The van der Waals surface area contributed by atoms with Gasteiger partial charge in [-0.2, -0.15) is 0 Å². The number of likely N-dealkylation sites (tertiary alicyclic amines) is 2. The van der Waals surface area contributed by atoms with Crippen molar-refractivity contribution in [1.82, 2.24) is 19.4 Å². The summed E-state index contributed by atoms with van der Waals surface area (Å²) >= 11 is 0. The Bertz CT molecular complexity index is 682. The normalized spacial score (nSPS) is 24.1. The van der Waals surface area contributed by atoms with E-state index in [0.717, 1.165) is 32.7 Å². The zero-order chi connectivity index (χ0) is 15.8. The molecule has 0 radical (unpaired) electrons. The van der Waals surface area contributed by atoms with E-state index in [1.54, 1.807) is 12.4 Å². The molecule has 1 amide bonds. The Morgan fingerprint density at radius 3 is 2.57 bits per heavy atom. The Hall–Kier alpha value is -2.14. The maximum Gasteiger partial charge on any atom is 0.255 e. The van der Waals surface area contributed by atoms with Crippen LogP contribution < -0.4 is 0 Å². The molecule has 2 saturated heterocycles. The zero-order valence-electron chi connectivity index (χ0n) is 13.4. The Morgan fingerprint density at radius 2 is 1.96 bits per heavy atom. The highest BCUT2D eigenvalue weighted by atomic mass is 16.2. The molecule has 2 aliphatic rings. The second-order valence-corrected chi connectivity index (χ2v) is 6.78. The van der Waals surface area contributed by atoms with Crippen LogP contribution in [0.1, 0.15) is 16.1 Å². The summed E-state index contributed by atoms with van der Waals surface area (Å²) in [5, 5.41) is 0. The van der Waals surface area contributed by atoms with E-state index in [4.69, 9.17) is 0 Å². The highest BCUT2D eigenvalue weighted by Crippen LogP contribution is 2.32. The van der Waals surface area contributed by atoms with Gasteiger partial charge >= 0.3 is 0 Å². The van der Waals surface area contributed by atoms with Crippen LogP contribution in [-0.4, -0.2) is 51.4 Å². The molecule has 23 heavy (non-hydrogen) atoms. The Labute approximate surface area is 136 Å². The molecular formula is C18H22N4O. The molecule has 0 bridgehead atoms. The first-order valence-electron chi connectivity index (χ1n) is 8.22. The molecule has 4 heterocycles. The Balaban J connectivity index is 1.37. The number of nitrogens with zero attached hydrogens (tertiary/aromatic N) is 4. The largest absolute Gasteiger partial charge is 0.353 e. The van der Waals surface area contributed by atoms with E-state index in [2.05, 4.69) is 39.8 Å². The summed E-state index contributed by atoms with van der Waals surface area (Å²) < 4.78 is 2.19. The highest BCUT2D eigenvalue weighted by Gasteiger charge is 2.41. The zero-order valence-corrected chi connectivity index (χ0v) is 13.4. The van der Waals surface area contributed by atoms with Crippen LogP contribution in [-0.2, 0) is 13.6 Å². The van der Waals surface area contributed by atoms with Crippen molar-refractivity contribution in [1.29, 1.82) is 0 Å². The predicted molar refractivity (Wildman–Crippen MR) is 87.8 cm³/mol. The van der Waals surface area contributed by atoms with Crippen molar-refractivity contribution in [2.45, 2.75) is 6.54 Å². The van der Waals surface area contributed by atoms with Gasteiger partial charge in [0.25, 0.3) is 5.91 Å². The lowest BCUT2D eigenvalue weighted by molar-refractivity contribution is 0.0773. The molecule has 0 unspecified atom stereocenters. The average molecular weight is 310 g/mol. The minimum atomic E-state index is 0.126. The van der Waals surface area contributed by atoms with E-state index in [1.165, 1.54) is 5.69 Å². The van der Waals surface area contributed by atoms with Crippen LogP contribution in [0.5, 0.6) is 0 Å². The SMILES string of the molecule is Cn1cccc1CN1C[C@@H]2CN(C(=O)c3cccnc3)C[C@@H]2C1. The van der Waals surface area contributed by atoms with Crippen molar-refractivity contribution < 1.29 is 4.79 Å². The summed E-state index contributed by atoms with van der Waals surface area (Å²) in [5.74, 6) is 1.34. The van der Waals surface area contributed by atoms with Crippen LogP contribution in [0.25, 0.3) is 0 Å². The van der Waals surface area contributed by atoms with E-state index >= 15 is 0 Å². The van der Waals surface area contributed by atoms with E-state index in [0.29, 0.717) is 17.4 Å². The number of amides is 1. The molecule has 0 N–H and O–H groups in total. The third kappa shape index (κ3) is 2.77. The van der Waals surface area contributed by atoms with Gasteiger partial charge in [-0.05, 0) is 36.1 Å². The molecule has 2 aromatic heterocycles. The smallest absolute Gasteiger partial charge is 0.255 e. The summed E-state index contributed by atoms with van der Waals surface area (Å²) in [6.07, 6.45) is 5.47. The van der Waals surface area contributed by atoms with Crippen molar-refractivity contribution >= 4 is 5.91 Å². The molecule has 120 valence electrons. The van der Waals surface area contributed by atoms with Crippen LogP contribution in [0.2, 0.25) is 0 Å². The van der Waals surface area contributed by atoms with Crippen LogP contribution >= 0.6 is 0 Å². The molecule has 0 spiro atoms. The number of hydrogen-bond acceptors (Lipinski definition) is 3. The molecule has 5 nitrogen and oxygen atoms in total. The van der Waals surface area contributed by atoms with Crippen molar-refractivity contribution in [2.24, 2.45) is 18.9 Å². The van der Waals surface area contributed by atoms with Crippen molar-refractivity contribution in [2.75, 3.05) is 26.2 Å². The topological polar surface area (TPSA) is 41.4 Å². The van der Waals surface area contributed by atoms with Gasteiger partial charge in [0.1, 0.15) is 0 Å². The van der Waals surface area contributed by atoms with Gasteiger partial charge in [-0.1, -0.05) is 0 Å². The lowest BCUT2D eigenvalue weighted by atomic mass is 10.0. The molecular weight excluding hydrogens is 288 g/mol. The number of aromatic nitrogens is 2. The number of carbonyl (C=O) groups excluding carboxylic acids is 1. The summed E-state index contributed by atoms with van der Waals surface area (Å²) in [6.45, 7) is 4.94. The Kier molecular flexibility index (Phi) is 3.65. The maximum absolute atomic E-state index is 12.5. The van der Waals surface area contributed by atoms with E-state index < -0.39 is 0 Å². The third-order valence-corrected chi connectivity index (χ3v) is 5.19. The fourth-order valence-electron chi connectivity index (χ4n) is 3.95. The van der Waals surface area contributed by atoms with Crippen molar-refractivity contribution in [3.05, 3.63) is 54.1 Å². The van der Waals surface area contributed by atoms with Gasteiger partial charge in [0.2, 0.25) is 0 Å². The first kappa shape index (κ1) is 14.5. The maximum atomic E-state index is 12.5. The first-order valence-corrected chi connectivity index (χ1v) is 8.22. The van der Waals surface area contributed by atoms with E-state index in [1.807, 2.05) is 17.0 Å². The predicted octanol–water partition coefficient (Wildman–Crippen LogP) is 1.62. The monoisotopic (exact) mass is 310 g/mol. The number of pyridine rings is 1. The van der Waals surface area contributed by atoms with Gasteiger partial charge in [-0.3, -0.25) is 14.7 Å². The number of rotatable bonds is 3. The quantitative estimate of drug-likeness (QED) is 0.865. The van der Waals surface area contributed by atoms with Gasteiger partial charge < -0.3 is 9.47 Å². The molecule has 2 aliphatic heterocycles. The number of hydrogen-bond donors (Lipinski definition) is 0. The van der Waals surface area contributed by atoms with Gasteiger partial charge in [-0.15, -0.1) is 0 Å². The van der Waals surface area contributed by atoms with Crippen LogP contribution in [0.4, 0.5) is 0 Å². The molecule has 2 aromatic rings. The number of fused-ring (bicyclic) bond motifs is 1. The van der Waals surface area contributed by atoms with E-state index in [9.17, 15) is 4.79 Å². The van der Waals surface area contributed by atoms with Crippen LogP contribution in [0.3, 0.4) is 0 Å². The minimum Gasteiger partial charge on any atom is -0.353 e. The molecule has 4 rings (SSSR count). The average Bonchev–Trinajstić information content (AvgIpc) is 3.23. The summed E-state index contributed by atoms with van der Waals surface area (Å²) in [5.41, 5.74) is 2.06. The lowest BCUT2D eigenvalue weighted by Crippen LogP contribution is -2.33. The van der Waals surface area contributed by atoms with Crippen molar-refractivity contribution in [3.63, 3.8) is 0 Å². The van der Waals surface area contributed by atoms with Gasteiger partial charge in [0.05, 0.1) is 5.56 Å². The molecule has 0 aromatic carbocycles. The lowest BCUT2D eigenvalue weighted by Gasteiger charge is -2.21. The summed E-state index contributed by atoms with van der Waals surface area (Å²) in [4.78, 5) is 21.1. The second-order valence-electron chi connectivity index (χ2n) is 6.78. The minimum absolute atomic E-state index is 0.126. The molecule has 2 fully saturated rings. The molecule has 0 aliphatic carbocycles. The Morgan fingerprint density at radius 1 is 1.17 bits per heavy atom. The van der Waals surface area contributed by atoms with Crippen molar-refractivity contribution in [3.8, 4) is 0 Å². The number of carbonyl (C=O) groups is 1. The fourth-order valence-corrected chi connectivity index (χ4v) is 3.95. The van der Waals surface area contributed by atoms with Crippen LogP contribution in [0.15, 0.2) is 42.9 Å². The van der Waals surface area contributed by atoms with E-state index in [-0.39, 0.29) is 5.91 Å². The third-order valence-electron chi connectivity index (χ3n) is 5.19. The summed E-state index contributed by atoms with van der Waals surface area (Å²) in [6, 6.07) is 7.96. The highest BCUT2D eigenvalue weighted by molar-refractivity contribution is 5.94. The fraction of sp³-hybridized carbons (Fsp3) is 0.444. The van der Waals surface area contributed by atoms with Gasteiger partial charge in [-0.25, -0.2) is 0 Å². The van der Waals surface area contributed by atoms with Crippen LogP contribution in [0, 0.1) is 11.8 Å². The first-order chi connectivity index (χ1) is 11.2. The second kappa shape index (κ2) is 5.81. The summed E-state index contributed by atoms with van der Waals surface area (Å²) in [7, 11) is 2.10. The van der Waals surface area contributed by atoms with Gasteiger partial charge in [0.15, 0.2) is 0 Å². The number of aryl methyl sites for hydroxylation is 1. The molecule has 2 atom stereocenters. The molecule has 5 heteroatoms. The standard InChI is InChI=1S/C18H22N4O/c1-20-7-3-5-17(20)13-21-9-15-11-22(12-16(15)10-21)18(23)14-4-2-6-19-8-14/h2-8,15-16H,9-13H2,1H3/t15-,16+. The van der Waals surface area contributed by atoms with Gasteiger partial charge in [0, 0.05) is 64.1 Å².